The molecule has 2 aliphatic rings. The zero-order valence-corrected chi connectivity index (χ0v) is 13.8. The number of carbonyl (C=O) groups is 1. The number of likely N-dealkylation sites (tertiary alicyclic amines) is 1. The normalized spacial score (nSPS) is 27.2. The molecule has 122 valence electrons. The van der Waals surface area contributed by atoms with Crippen LogP contribution in [-0.2, 0) is 18.4 Å². The van der Waals surface area contributed by atoms with Crippen molar-refractivity contribution < 1.29 is 4.79 Å². The van der Waals surface area contributed by atoms with Crippen molar-refractivity contribution in [2.24, 2.45) is 12.5 Å². The molecule has 5 heteroatoms. The largest absolute Gasteiger partial charge is 0.353 e. The summed E-state index contributed by atoms with van der Waals surface area (Å²) in [7, 11) is 1.94. The van der Waals surface area contributed by atoms with Crippen molar-refractivity contribution in [1.82, 2.24) is 20.0 Å². The van der Waals surface area contributed by atoms with Gasteiger partial charge in [0.05, 0.1) is 11.6 Å². The van der Waals surface area contributed by atoms with E-state index < -0.39 is 0 Å². The Kier molecular flexibility index (Phi) is 4.52. The SMILES string of the molecule is Cn1cc(CN2CCC[C@@](C)(C(=O)NC3CCCC3)C2)cn1. The fraction of sp³-hybridized carbons (Fsp3) is 0.765. The highest BCUT2D eigenvalue weighted by Gasteiger charge is 2.38. The first-order chi connectivity index (χ1) is 10.5. The van der Waals surface area contributed by atoms with Crippen molar-refractivity contribution in [3.8, 4) is 0 Å². The second kappa shape index (κ2) is 6.41. The van der Waals surface area contributed by atoms with Crippen LogP contribution in [0.3, 0.4) is 0 Å². The van der Waals surface area contributed by atoms with E-state index in [9.17, 15) is 4.79 Å². The summed E-state index contributed by atoms with van der Waals surface area (Å²) in [6.45, 7) is 4.94. The second-order valence-corrected chi connectivity index (χ2v) is 7.35. The Bertz CT molecular complexity index is 520. The van der Waals surface area contributed by atoms with E-state index in [1.165, 1.54) is 18.4 Å². The van der Waals surface area contributed by atoms with Crippen LogP contribution in [0, 0.1) is 5.41 Å². The number of piperidine rings is 1. The van der Waals surface area contributed by atoms with Gasteiger partial charge in [0.2, 0.25) is 5.91 Å². The number of carbonyl (C=O) groups excluding carboxylic acids is 1. The Morgan fingerprint density at radius 2 is 2.18 bits per heavy atom. The fourth-order valence-electron chi connectivity index (χ4n) is 3.91. The van der Waals surface area contributed by atoms with Gasteiger partial charge in [0.15, 0.2) is 0 Å². The van der Waals surface area contributed by atoms with Crippen LogP contribution in [0.2, 0.25) is 0 Å². The number of amides is 1. The lowest BCUT2D eigenvalue weighted by atomic mass is 9.80. The molecule has 1 aliphatic carbocycles. The van der Waals surface area contributed by atoms with Gasteiger partial charge < -0.3 is 5.32 Å². The molecule has 1 atom stereocenters. The smallest absolute Gasteiger partial charge is 0.227 e. The van der Waals surface area contributed by atoms with Gasteiger partial charge in [-0.3, -0.25) is 14.4 Å². The van der Waals surface area contributed by atoms with Crippen LogP contribution in [0.4, 0.5) is 0 Å². The van der Waals surface area contributed by atoms with Gasteiger partial charge in [0.25, 0.3) is 0 Å². The first-order valence-corrected chi connectivity index (χ1v) is 8.56. The molecule has 0 unspecified atom stereocenters. The minimum atomic E-state index is -0.247. The first-order valence-electron chi connectivity index (χ1n) is 8.56. The van der Waals surface area contributed by atoms with E-state index in [4.69, 9.17) is 0 Å². The lowest BCUT2D eigenvalue weighted by Crippen LogP contribution is -2.51. The molecule has 5 nitrogen and oxygen atoms in total. The van der Waals surface area contributed by atoms with Gasteiger partial charge in [0, 0.05) is 37.9 Å². The molecule has 2 heterocycles. The number of nitrogens with zero attached hydrogens (tertiary/aromatic N) is 3. The lowest BCUT2D eigenvalue weighted by Gasteiger charge is -2.39. The van der Waals surface area contributed by atoms with Gasteiger partial charge in [-0.2, -0.15) is 5.10 Å². The maximum absolute atomic E-state index is 12.7. The quantitative estimate of drug-likeness (QED) is 0.926. The fourth-order valence-corrected chi connectivity index (χ4v) is 3.91. The Morgan fingerprint density at radius 1 is 1.41 bits per heavy atom. The zero-order valence-electron chi connectivity index (χ0n) is 13.8. The minimum Gasteiger partial charge on any atom is -0.353 e. The summed E-state index contributed by atoms with van der Waals surface area (Å²) in [5.41, 5.74) is 0.978. The molecular weight excluding hydrogens is 276 g/mol. The highest BCUT2D eigenvalue weighted by atomic mass is 16.2. The Balaban J connectivity index is 1.59. The van der Waals surface area contributed by atoms with E-state index >= 15 is 0 Å². The molecular formula is C17H28N4O. The standard InChI is InChI=1S/C17H28N4O/c1-17(16(22)19-15-6-3-4-7-15)8-5-9-21(13-17)12-14-10-18-20(2)11-14/h10-11,15H,3-9,12-13H2,1-2H3,(H,19,22)/t17-/m1/s1. The third-order valence-electron chi connectivity index (χ3n) is 5.18. The second-order valence-electron chi connectivity index (χ2n) is 7.35. The van der Waals surface area contributed by atoms with Crippen LogP contribution in [0.15, 0.2) is 12.4 Å². The molecule has 2 fully saturated rings. The van der Waals surface area contributed by atoms with E-state index in [0.29, 0.717) is 6.04 Å². The summed E-state index contributed by atoms with van der Waals surface area (Å²) in [6, 6.07) is 0.415. The van der Waals surface area contributed by atoms with Gasteiger partial charge in [-0.1, -0.05) is 12.8 Å². The van der Waals surface area contributed by atoms with E-state index in [-0.39, 0.29) is 11.3 Å². The van der Waals surface area contributed by atoms with E-state index in [1.807, 2.05) is 17.9 Å². The molecule has 1 saturated carbocycles. The summed E-state index contributed by atoms with van der Waals surface area (Å²) in [4.78, 5) is 15.1. The summed E-state index contributed by atoms with van der Waals surface area (Å²) >= 11 is 0. The Morgan fingerprint density at radius 3 is 2.86 bits per heavy atom. The van der Waals surface area contributed by atoms with Crippen molar-refractivity contribution in [3.63, 3.8) is 0 Å². The van der Waals surface area contributed by atoms with Gasteiger partial charge in [-0.15, -0.1) is 0 Å². The molecule has 1 aromatic heterocycles. The first kappa shape index (κ1) is 15.5. The topological polar surface area (TPSA) is 50.2 Å². The van der Waals surface area contributed by atoms with Crippen LogP contribution < -0.4 is 5.32 Å². The highest BCUT2D eigenvalue weighted by molar-refractivity contribution is 5.82. The highest BCUT2D eigenvalue weighted by Crippen LogP contribution is 2.31. The molecule has 0 aromatic carbocycles. The number of hydrogen-bond donors (Lipinski definition) is 1. The molecule has 1 amide bonds. The summed E-state index contributed by atoms with van der Waals surface area (Å²) in [6.07, 6.45) is 10.9. The number of aryl methyl sites for hydroxylation is 1. The zero-order chi connectivity index (χ0) is 15.6. The molecule has 1 aromatic rings. The predicted octanol–water partition coefficient (Wildman–Crippen LogP) is 2.08. The Labute approximate surface area is 133 Å². The maximum Gasteiger partial charge on any atom is 0.227 e. The number of hydrogen-bond acceptors (Lipinski definition) is 3. The molecule has 1 aliphatic heterocycles. The summed E-state index contributed by atoms with van der Waals surface area (Å²) < 4.78 is 1.84. The number of rotatable bonds is 4. The maximum atomic E-state index is 12.7. The van der Waals surface area contributed by atoms with E-state index in [1.54, 1.807) is 0 Å². The van der Waals surface area contributed by atoms with Gasteiger partial charge in [0.1, 0.15) is 0 Å². The van der Waals surface area contributed by atoms with Crippen LogP contribution in [0.25, 0.3) is 0 Å². The molecule has 0 bridgehead atoms. The number of aromatic nitrogens is 2. The van der Waals surface area contributed by atoms with E-state index in [2.05, 4.69) is 28.4 Å². The summed E-state index contributed by atoms with van der Waals surface area (Å²) in [5, 5.41) is 7.53. The van der Waals surface area contributed by atoms with Crippen molar-refractivity contribution in [3.05, 3.63) is 18.0 Å². The van der Waals surface area contributed by atoms with Crippen molar-refractivity contribution >= 4 is 5.91 Å². The van der Waals surface area contributed by atoms with Crippen LogP contribution in [0.5, 0.6) is 0 Å². The molecule has 3 rings (SSSR count). The van der Waals surface area contributed by atoms with Crippen LogP contribution in [-0.4, -0.2) is 39.7 Å². The Hall–Kier alpha value is -1.36. The number of nitrogens with one attached hydrogen (secondary N) is 1. The van der Waals surface area contributed by atoms with Crippen LogP contribution >= 0.6 is 0 Å². The molecule has 0 radical (unpaired) electrons. The predicted molar refractivity (Wildman–Crippen MR) is 86.2 cm³/mol. The van der Waals surface area contributed by atoms with Gasteiger partial charge >= 0.3 is 0 Å². The van der Waals surface area contributed by atoms with Crippen molar-refractivity contribution in [2.45, 2.75) is 58.0 Å². The third kappa shape index (κ3) is 3.51. The molecule has 22 heavy (non-hydrogen) atoms. The molecule has 1 saturated heterocycles. The van der Waals surface area contributed by atoms with E-state index in [0.717, 1.165) is 45.3 Å². The summed E-state index contributed by atoms with van der Waals surface area (Å²) in [5.74, 6) is 0.260. The van der Waals surface area contributed by atoms with Crippen LogP contribution in [0.1, 0.15) is 51.0 Å². The van der Waals surface area contributed by atoms with Crippen molar-refractivity contribution in [2.75, 3.05) is 13.1 Å². The van der Waals surface area contributed by atoms with Crippen molar-refractivity contribution in [1.29, 1.82) is 0 Å². The lowest BCUT2D eigenvalue weighted by molar-refractivity contribution is -0.134. The van der Waals surface area contributed by atoms with Gasteiger partial charge in [-0.25, -0.2) is 0 Å². The minimum absolute atomic E-state index is 0.247. The molecule has 1 N–H and O–H groups in total. The third-order valence-corrected chi connectivity index (χ3v) is 5.18. The monoisotopic (exact) mass is 304 g/mol. The average Bonchev–Trinajstić information content (AvgIpc) is 3.11. The van der Waals surface area contributed by atoms with Gasteiger partial charge in [-0.05, 0) is 39.2 Å². The average molecular weight is 304 g/mol. The molecule has 0 spiro atoms.